The van der Waals surface area contributed by atoms with Crippen LogP contribution in [0.3, 0.4) is 0 Å². The van der Waals surface area contributed by atoms with Crippen molar-refractivity contribution in [3.05, 3.63) is 29.6 Å². The number of hydrogen-bond donors (Lipinski definition) is 1. The number of piperidine rings is 1. The summed E-state index contributed by atoms with van der Waals surface area (Å²) in [4.78, 5) is 39.1. The predicted octanol–water partition coefficient (Wildman–Crippen LogP) is 0.894. The minimum Gasteiger partial charge on any atom is -0.496 e. The monoisotopic (exact) mass is 379 g/mol. The second kappa shape index (κ2) is 7.42. The first-order valence-electron chi connectivity index (χ1n) is 8.68. The molecular formula is C18H22FN3O5. The molecule has 2 fully saturated rings. The van der Waals surface area contributed by atoms with Crippen LogP contribution >= 0.6 is 0 Å². The van der Waals surface area contributed by atoms with Crippen LogP contribution in [0.2, 0.25) is 0 Å². The fraction of sp³-hybridized carbons (Fsp3) is 0.500. The number of hydrogen-bond acceptors (Lipinski definition) is 5. The number of carbonyl (C=O) groups is 3. The van der Waals surface area contributed by atoms with Gasteiger partial charge in [0.25, 0.3) is 0 Å². The van der Waals surface area contributed by atoms with Crippen molar-refractivity contribution >= 4 is 17.9 Å². The molecular weight excluding hydrogens is 357 g/mol. The van der Waals surface area contributed by atoms with Crippen molar-refractivity contribution < 1.29 is 28.2 Å². The van der Waals surface area contributed by atoms with Gasteiger partial charge >= 0.3 is 17.9 Å². The Bertz CT molecular complexity index is 761. The van der Waals surface area contributed by atoms with Gasteiger partial charge in [-0.3, -0.25) is 9.59 Å². The molecule has 3 rings (SSSR count). The maximum absolute atomic E-state index is 13.9. The number of ether oxygens (including phenoxy) is 2. The third-order valence-electron chi connectivity index (χ3n) is 5.02. The Kier molecular flexibility index (Phi) is 5.20. The minimum absolute atomic E-state index is 0.152. The largest absolute Gasteiger partial charge is 0.496 e. The number of likely N-dealkylation sites (tertiary alicyclic amines) is 1. The standard InChI is InChI=1S/C18H22FN3O5/c1-21-11-18(27-17(21)25)6-8-22(9-7-18)16(24)15(23)20-10-12-13(19)4-3-5-14(12)26-2/h3-5H,6-11H2,1-2H3,(H,20,23). The van der Waals surface area contributed by atoms with Gasteiger partial charge in [0, 0.05) is 45.1 Å². The molecule has 1 N–H and O–H groups in total. The lowest BCUT2D eigenvalue weighted by Crippen LogP contribution is -2.52. The van der Waals surface area contributed by atoms with Gasteiger partial charge in [0.15, 0.2) is 0 Å². The van der Waals surface area contributed by atoms with E-state index in [0.29, 0.717) is 38.2 Å². The van der Waals surface area contributed by atoms with E-state index in [1.165, 1.54) is 29.0 Å². The molecule has 0 radical (unpaired) electrons. The molecule has 27 heavy (non-hydrogen) atoms. The number of halogens is 1. The van der Waals surface area contributed by atoms with Crippen molar-refractivity contribution in [3.8, 4) is 5.75 Å². The van der Waals surface area contributed by atoms with Gasteiger partial charge in [0.05, 0.1) is 13.7 Å². The average Bonchev–Trinajstić information content (AvgIpc) is 2.93. The van der Waals surface area contributed by atoms with Crippen molar-refractivity contribution in [2.45, 2.75) is 25.0 Å². The van der Waals surface area contributed by atoms with Crippen molar-refractivity contribution in [2.75, 3.05) is 33.8 Å². The van der Waals surface area contributed by atoms with Crippen LogP contribution in [0.4, 0.5) is 9.18 Å². The lowest BCUT2D eigenvalue weighted by molar-refractivity contribution is -0.148. The van der Waals surface area contributed by atoms with Crippen LogP contribution in [-0.2, 0) is 20.9 Å². The number of rotatable bonds is 3. The Morgan fingerprint density at radius 3 is 2.63 bits per heavy atom. The lowest BCUT2D eigenvalue weighted by Gasteiger charge is -2.36. The zero-order chi connectivity index (χ0) is 19.6. The van der Waals surface area contributed by atoms with E-state index in [-0.39, 0.29) is 18.2 Å². The molecule has 0 saturated carbocycles. The first-order valence-corrected chi connectivity index (χ1v) is 8.68. The van der Waals surface area contributed by atoms with E-state index in [9.17, 15) is 18.8 Å². The number of nitrogens with zero attached hydrogens (tertiary/aromatic N) is 2. The first kappa shape index (κ1) is 18.9. The van der Waals surface area contributed by atoms with E-state index in [2.05, 4.69) is 5.32 Å². The molecule has 0 aromatic heterocycles. The lowest BCUT2D eigenvalue weighted by atomic mass is 9.91. The second-order valence-corrected chi connectivity index (χ2v) is 6.80. The Morgan fingerprint density at radius 1 is 1.33 bits per heavy atom. The van der Waals surface area contributed by atoms with E-state index >= 15 is 0 Å². The minimum atomic E-state index is -0.809. The normalized spacial score (nSPS) is 18.4. The third kappa shape index (κ3) is 3.81. The van der Waals surface area contributed by atoms with Crippen LogP contribution < -0.4 is 10.1 Å². The van der Waals surface area contributed by atoms with Crippen molar-refractivity contribution in [3.63, 3.8) is 0 Å². The molecule has 146 valence electrons. The molecule has 2 aliphatic heterocycles. The smallest absolute Gasteiger partial charge is 0.410 e. The number of amides is 3. The number of likely N-dealkylation sites (N-methyl/N-ethyl adjacent to an activating group) is 1. The number of benzene rings is 1. The van der Waals surface area contributed by atoms with Crippen LogP contribution in [0.5, 0.6) is 5.75 Å². The van der Waals surface area contributed by atoms with Gasteiger partial charge in [-0.25, -0.2) is 9.18 Å². The summed E-state index contributed by atoms with van der Waals surface area (Å²) in [6.07, 6.45) is 0.582. The van der Waals surface area contributed by atoms with E-state index < -0.39 is 23.2 Å². The molecule has 3 amide bonds. The van der Waals surface area contributed by atoms with Crippen molar-refractivity contribution in [1.29, 1.82) is 0 Å². The second-order valence-electron chi connectivity index (χ2n) is 6.80. The average molecular weight is 379 g/mol. The summed E-state index contributed by atoms with van der Waals surface area (Å²) in [7, 11) is 3.07. The highest BCUT2D eigenvalue weighted by atomic mass is 19.1. The molecule has 1 aromatic carbocycles. The van der Waals surface area contributed by atoms with Crippen LogP contribution in [0, 0.1) is 5.82 Å². The summed E-state index contributed by atoms with van der Waals surface area (Å²) in [5, 5.41) is 2.44. The molecule has 0 unspecified atom stereocenters. The van der Waals surface area contributed by atoms with E-state index in [0.717, 1.165) is 0 Å². The zero-order valence-corrected chi connectivity index (χ0v) is 15.3. The molecule has 9 heteroatoms. The topological polar surface area (TPSA) is 88.2 Å². The number of carbonyl (C=O) groups excluding carboxylic acids is 3. The Labute approximate surface area is 156 Å². The highest BCUT2D eigenvalue weighted by molar-refractivity contribution is 6.35. The number of nitrogens with one attached hydrogen (secondary N) is 1. The molecule has 2 heterocycles. The SMILES string of the molecule is COc1cccc(F)c1CNC(=O)C(=O)N1CCC2(CC1)CN(C)C(=O)O2. The van der Waals surface area contributed by atoms with Gasteiger partial charge in [0.2, 0.25) is 0 Å². The van der Waals surface area contributed by atoms with E-state index in [1.54, 1.807) is 13.1 Å². The zero-order valence-electron chi connectivity index (χ0n) is 15.3. The van der Waals surface area contributed by atoms with Crippen LogP contribution in [0.15, 0.2) is 18.2 Å². The summed E-state index contributed by atoms with van der Waals surface area (Å²) in [6.45, 7) is 0.959. The number of methoxy groups -OCH3 is 1. The fourth-order valence-electron chi connectivity index (χ4n) is 3.46. The molecule has 8 nitrogen and oxygen atoms in total. The van der Waals surface area contributed by atoms with Crippen LogP contribution in [-0.4, -0.2) is 67.1 Å². The molecule has 0 atom stereocenters. The maximum Gasteiger partial charge on any atom is 0.410 e. The molecule has 0 aliphatic carbocycles. The van der Waals surface area contributed by atoms with Gasteiger partial charge in [-0.05, 0) is 12.1 Å². The van der Waals surface area contributed by atoms with Gasteiger partial charge < -0.3 is 24.6 Å². The highest BCUT2D eigenvalue weighted by Crippen LogP contribution is 2.32. The molecule has 1 aromatic rings. The molecule has 2 aliphatic rings. The fourth-order valence-corrected chi connectivity index (χ4v) is 3.46. The summed E-state index contributed by atoms with van der Waals surface area (Å²) in [5.41, 5.74) is -0.403. The Morgan fingerprint density at radius 2 is 2.04 bits per heavy atom. The Hall–Kier alpha value is -2.84. The van der Waals surface area contributed by atoms with E-state index in [1.807, 2.05) is 0 Å². The quantitative estimate of drug-likeness (QED) is 0.789. The van der Waals surface area contributed by atoms with E-state index in [4.69, 9.17) is 9.47 Å². The van der Waals surface area contributed by atoms with Gasteiger partial charge in [-0.1, -0.05) is 6.07 Å². The Balaban J connectivity index is 1.55. The third-order valence-corrected chi connectivity index (χ3v) is 5.02. The summed E-state index contributed by atoms with van der Waals surface area (Å²) < 4.78 is 24.4. The summed E-state index contributed by atoms with van der Waals surface area (Å²) in [6, 6.07) is 4.34. The molecule has 0 bridgehead atoms. The summed E-state index contributed by atoms with van der Waals surface area (Å²) >= 11 is 0. The molecule has 1 spiro atoms. The van der Waals surface area contributed by atoms with Crippen LogP contribution in [0.25, 0.3) is 0 Å². The maximum atomic E-state index is 13.9. The van der Waals surface area contributed by atoms with Gasteiger partial charge in [-0.2, -0.15) is 0 Å². The van der Waals surface area contributed by atoms with Crippen LogP contribution in [0.1, 0.15) is 18.4 Å². The van der Waals surface area contributed by atoms with Gasteiger partial charge in [-0.15, -0.1) is 0 Å². The predicted molar refractivity (Wildman–Crippen MR) is 92.5 cm³/mol. The first-order chi connectivity index (χ1) is 12.8. The summed E-state index contributed by atoms with van der Waals surface area (Å²) in [5.74, 6) is -1.71. The molecule has 2 saturated heterocycles. The van der Waals surface area contributed by atoms with Crippen molar-refractivity contribution in [1.82, 2.24) is 15.1 Å². The highest BCUT2D eigenvalue weighted by Gasteiger charge is 2.46. The van der Waals surface area contributed by atoms with Crippen molar-refractivity contribution in [2.24, 2.45) is 0 Å². The van der Waals surface area contributed by atoms with Gasteiger partial charge in [0.1, 0.15) is 17.2 Å².